The van der Waals surface area contributed by atoms with E-state index in [4.69, 9.17) is 0 Å². The molecule has 1 aliphatic heterocycles. The van der Waals surface area contributed by atoms with Crippen molar-refractivity contribution in [2.75, 3.05) is 27.2 Å². The smallest absolute Gasteiger partial charge is 0.254 e. The summed E-state index contributed by atoms with van der Waals surface area (Å²) in [6, 6.07) is 6.55. The van der Waals surface area contributed by atoms with Crippen LogP contribution in [-0.4, -0.2) is 63.9 Å². The van der Waals surface area contributed by atoms with E-state index in [1.807, 2.05) is 27.9 Å². The number of nitrogens with zero attached hydrogens (tertiary/aromatic N) is 5. The molecule has 2 aromatic rings. The lowest BCUT2D eigenvalue weighted by Crippen LogP contribution is -2.37. The van der Waals surface area contributed by atoms with Crippen molar-refractivity contribution < 1.29 is 4.79 Å². The third-order valence-electron chi connectivity index (χ3n) is 5.37. The summed E-state index contributed by atoms with van der Waals surface area (Å²) in [6.45, 7) is 1.40. The molecular weight excluding hydrogens is 302 g/mol. The van der Waals surface area contributed by atoms with Gasteiger partial charge in [0, 0.05) is 24.8 Å². The zero-order valence-electron chi connectivity index (χ0n) is 14.2. The molecule has 0 saturated carbocycles. The highest BCUT2D eigenvalue weighted by atomic mass is 16.2. The first-order valence-corrected chi connectivity index (χ1v) is 8.57. The lowest BCUT2D eigenvalue weighted by molar-refractivity contribution is 0.0780. The van der Waals surface area contributed by atoms with Crippen molar-refractivity contribution in [3.63, 3.8) is 0 Å². The van der Waals surface area contributed by atoms with Gasteiger partial charge in [-0.1, -0.05) is 17.3 Å². The highest BCUT2D eigenvalue weighted by Crippen LogP contribution is 2.30. The van der Waals surface area contributed by atoms with E-state index in [1.54, 1.807) is 6.20 Å². The van der Waals surface area contributed by atoms with Crippen LogP contribution in [0.5, 0.6) is 0 Å². The molecule has 2 atom stereocenters. The Labute approximate surface area is 142 Å². The highest BCUT2D eigenvalue weighted by Gasteiger charge is 2.39. The van der Waals surface area contributed by atoms with E-state index in [0.717, 1.165) is 31.4 Å². The Hall–Kier alpha value is -2.21. The Morgan fingerprint density at radius 2 is 2.12 bits per heavy atom. The first-order chi connectivity index (χ1) is 11.6. The van der Waals surface area contributed by atoms with Gasteiger partial charge in [0.25, 0.3) is 5.91 Å². The van der Waals surface area contributed by atoms with Crippen molar-refractivity contribution >= 4 is 5.91 Å². The quantitative estimate of drug-likeness (QED) is 0.856. The van der Waals surface area contributed by atoms with E-state index in [0.29, 0.717) is 6.54 Å². The van der Waals surface area contributed by atoms with Crippen LogP contribution >= 0.6 is 0 Å². The molecule has 6 heteroatoms. The molecule has 1 aromatic carbocycles. The monoisotopic (exact) mass is 325 g/mol. The summed E-state index contributed by atoms with van der Waals surface area (Å²) < 4.78 is 1.88. The van der Waals surface area contributed by atoms with Crippen LogP contribution in [0.15, 0.2) is 30.6 Å². The fraction of sp³-hybridized carbons (Fsp3) is 0.500. The number of benzene rings is 1. The van der Waals surface area contributed by atoms with Crippen molar-refractivity contribution in [3.05, 3.63) is 47.3 Å². The molecule has 1 aliphatic carbocycles. The Bertz CT molecular complexity index is 740. The summed E-state index contributed by atoms with van der Waals surface area (Å²) >= 11 is 0. The number of rotatable bonds is 3. The SMILES string of the molecule is CN(C)[C@@H]1CN(C(=O)c2cccc3c2CCC3)C[C@@H]1n1ccnn1. The first-order valence-electron chi connectivity index (χ1n) is 8.57. The van der Waals surface area contributed by atoms with Crippen LogP contribution < -0.4 is 0 Å². The molecule has 126 valence electrons. The minimum Gasteiger partial charge on any atom is -0.335 e. The number of hydrogen-bond acceptors (Lipinski definition) is 4. The molecule has 0 N–H and O–H groups in total. The van der Waals surface area contributed by atoms with Gasteiger partial charge in [0.2, 0.25) is 0 Å². The van der Waals surface area contributed by atoms with Gasteiger partial charge in [0.15, 0.2) is 0 Å². The standard InChI is InChI=1S/C18H23N5O/c1-21(2)16-11-22(12-17(16)23-10-9-19-20-23)18(24)15-8-4-6-13-5-3-7-14(13)15/h4,6,8-10,16-17H,3,5,7,11-12H2,1-2H3/t16-,17+/m1/s1. The van der Waals surface area contributed by atoms with Crippen molar-refractivity contribution in [3.8, 4) is 0 Å². The molecule has 4 rings (SSSR count). The average Bonchev–Trinajstić information content (AvgIpc) is 3.31. The predicted molar refractivity (Wildman–Crippen MR) is 90.9 cm³/mol. The van der Waals surface area contributed by atoms with Crippen LogP contribution in [0.4, 0.5) is 0 Å². The molecule has 24 heavy (non-hydrogen) atoms. The van der Waals surface area contributed by atoms with Crippen LogP contribution in [-0.2, 0) is 12.8 Å². The number of likely N-dealkylation sites (tertiary alicyclic amines) is 1. The highest BCUT2D eigenvalue weighted by molar-refractivity contribution is 5.96. The Kier molecular flexibility index (Phi) is 3.84. The first kappa shape index (κ1) is 15.3. The maximum atomic E-state index is 13.2. The third kappa shape index (κ3) is 2.51. The molecule has 1 amide bonds. The van der Waals surface area contributed by atoms with Gasteiger partial charge in [0.05, 0.1) is 18.3 Å². The van der Waals surface area contributed by atoms with Crippen LogP contribution in [0.2, 0.25) is 0 Å². The Morgan fingerprint density at radius 3 is 2.88 bits per heavy atom. The number of carbonyl (C=O) groups excluding carboxylic acids is 1. The van der Waals surface area contributed by atoms with Crippen molar-refractivity contribution in [1.29, 1.82) is 0 Å². The summed E-state index contributed by atoms with van der Waals surface area (Å²) in [6.07, 6.45) is 6.85. The molecular formula is C18H23N5O. The number of carbonyl (C=O) groups is 1. The second kappa shape index (κ2) is 6.02. The zero-order chi connectivity index (χ0) is 16.7. The molecule has 1 saturated heterocycles. The van der Waals surface area contributed by atoms with Crippen LogP contribution in [0, 0.1) is 0 Å². The molecule has 2 heterocycles. The molecule has 1 aromatic heterocycles. The predicted octanol–water partition coefficient (Wildman–Crippen LogP) is 1.39. The van der Waals surface area contributed by atoms with Gasteiger partial charge in [-0.15, -0.1) is 5.10 Å². The molecule has 2 aliphatic rings. The molecule has 1 fully saturated rings. The van der Waals surface area contributed by atoms with E-state index in [2.05, 4.69) is 35.4 Å². The second-order valence-electron chi connectivity index (χ2n) is 6.99. The number of amides is 1. The molecule has 6 nitrogen and oxygen atoms in total. The summed E-state index contributed by atoms with van der Waals surface area (Å²) in [5.74, 6) is 0.156. The van der Waals surface area contributed by atoms with E-state index in [1.165, 1.54) is 11.1 Å². The third-order valence-corrected chi connectivity index (χ3v) is 5.37. The van der Waals surface area contributed by atoms with Crippen LogP contribution in [0.25, 0.3) is 0 Å². The molecule has 0 unspecified atom stereocenters. The number of hydrogen-bond donors (Lipinski definition) is 0. The van der Waals surface area contributed by atoms with Crippen LogP contribution in [0.1, 0.15) is 33.9 Å². The fourth-order valence-electron chi connectivity index (χ4n) is 4.09. The van der Waals surface area contributed by atoms with E-state index in [9.17, 15) is 4.79 Å². The summed E-state index contributed by atoms with van der Waals surface area (Å²) in [5.41, 5.74) is 3.49. The van der Waals surface area contributed by atoms with Gasteiger partial charge >= 0.3 is 0 Å². The maximum Gasteiger partial charge on any atom is 0.254 e. The van der Waals surface area contributed by atoms with Gasteiger partial charge < -0.3 is 9.80 Å². The minimum atomic E-state index is 0.142. The fourth-order valence-corrected chi connectivity index (χ4v) is 4.09. The van der Waals surface area contributed by atoms with Gasteiger partial charge in [-0.2, -0.15) is 0 Å². The van der Waals surface area contributed by atoms with Gasteiger partial charge in [0.1, 0.15) is 0 Å². The number of likely N-dealkylation sites (N-methyl/N-ethyl adjacent to an activating group) is 1. The number of fused-ring (bicyclic) bond motifs is 1. The lowest BCUT2D eigenvalue weighted by Gasteiger charge is -2.24. The Balaban J connectivity index is 1.61. The van der Waals surface area contributed by atoms with Gasteiger partial charge in [-0.3, -0.25) is 4.79 Å². The summed E-state index contributed by atoms with van der Waals surface area (Å²) in [4.78, 5) is 17.3. The van der Waals surface area contributed by atoms with Crippen LogP contribution in [0.3, 0.4) is 0 Å². The maximum absolute atomic E-state index is 13.2. The van der Waals surface area contributed by atoms with Gasteiger partial charge in [-0.05, 0) is 50.6 Å². The second-order valence-corrected chi connectivity index (χ2v) is 6.99. The van der Waals surface area contributed by atoms with Crippen molar-refractivity contribution in [1.82, 2.24) is 24.8 Å². The molecule has 0 radical (unpaired) electrons. The topological polar surface area (TPSA) is 54.3 Å². The largest absolute Gasteiger partial charge is 0.335 e. The average molecular weight is 325 g/mol. The lowest BCUT2D eigenvalue weighted by atomic mass is 10.0. The van der Waals surface area contributed by atoms with Crippen molar-refractivity contribution in [2.45, 2.75) is 31.3 Å². The number of aryl methyl sites for hydroxylation is 1. The summed E-state index contributed by atoms with van der Waals surface area (Å²) in [7, 11) is 4.12. The zero-order valence-corrected chi connectivity index (χ0v) is 14.2. The van der Waals surface area contributed by atoms with E-state index in [-0.39, 0.29) is 18.0 Å². The normalized spacial score (nSPS) is 23.0. The van der Waals surface area contributed by atoms with Crippen molar-refractivity contribution in [2.24, 2.45) is 0 Å². The Morgan fingerprint density at radius 1 is 1.25 bits per heavy atom. The summed E-state index contributed by atoms with van der Waals surface area (Å²) in [5, 5.41) is 8.08. The minimum absolute atomic E-state index is 0.142. The molecule has 0 bridgehead atoms. The van der Waals surface area contributed by atoms with Gasteiger partial charge in [-0.25, -0.2) is 4.68 Å². The van der Waals surface area contributed by atoms with E-state index < -0.39 is 0 Å². The van der Waals surface area contributed by atoms with E-state index >= 15 is 0 Å². The number of aromatic nitrogens is 3. The molecule has 0 spiro atoms.